The molecule has 16 heavy (non-hydrogen) atoms. The minimum Gasteiger partial charge on any atom is -0.392 e. The lowest BCUT2D eigenvalue weighted by Gasteiger charge is -2.29. The summed E-state index contributed by atoms with van der Waals surface area (Å²) in [5.41, 5.74) is 0.893. The summed E-state index contributed by atoms with van der Waals surface area (Å²) in [6.45, 7) is 2.22. The van der Waals surface area contributed by atoms with E-state index >= 15 is 0 Å². The van der Waals surface area contributed by atoms with Crippen molar-refractivity contribution < 1.29 is 5.11 Å². The number of hydrogen-bond acceptors (Lipinski definition) is 4. The Morgan fingerprint density at radius 3 is 2.88 bits per heavy atom. The third kappa shape index (κ3) is 3.12. The summed E-state index contributed by atoms with van der Waals surface area (Å²) >= 11 is 1.84. The van der Waals surface area contributed by atoms with Gasteiger partial charge in [-0.05, 0) is 18.7 Å². The van der Waals surface area contributed by atoms with E-state index in [1.807, 2.05) is 30.9 Å². The first-order valence-electron chi connectivity index (χ1n) is 5.51. The lowest BCUT2D eigenvalue weighted by atomic mass is 10.2. The van der Waals surface area contributed by atoms with E-state index in [9.17, 15) is 5.11 Å². The van der Waals surface area contributed by atoms with Crippen LogP contribution in [0.4, 0.5) is 5.82 Å². The van der Waals surface area contributed by atoms with Crippen molar-refractivity contribution in [3.63, 3.8) is 0 Å². The Kier molecular flexibility index (Phi) is 5.63. The van der Waals surface area contributed by atoms with E-state index in [1.165, 1.54) is 0 Å². The maximum absolute atomic E-state index is 9.28. The fourth-order valence-corrected chi connectivity index (χ4v) is 2.58. The van der Waals surface area contributed by atoms with Crippen molar-refractivity contribution >= 4 is 17.6 Å². The molecular formula is C12H20N2OS. The third-order valence-corrected chi connectivity index (χ3v) is 3.47. The molecule has 0 aliphatic heterocycles. The highest BCUT2D eigenvalue weighted by molar-refractivity contribution is 7.98. The molecule has 4 heteroatoms. The van der Waals surface area contributed by atoms with Gasteiger partial charge in [-0.1, -0.05) is 13.0 Å². The Labute approximate surface area is 102 Å². The van der Waals surface area contributed by atoms with E-state index in [4.69, 9.17) is 0 Å². The number of aliphatic hydroxyl groups is 1. The first-order valence-corrected chi connectivity index (χ1v) is 6.90. The van der Waals surface area contributed by atoms with Crippen molar-refractivity contribution in [3.05, 3.63) is 23.9 Å². The summed E-state index contributed by atoms with van der Waals surface area (Å²) in [6.07, 6.45) is 4.97. The number of hydrogen-bond donors (Lipinski definition) is 1. The van der Waals surface area contributed by atoms with Gasteiger partial charge in [0.15, 0.2) is 0 Å². The first kappa shape index (κ1) is 13.3. The molecule has 90 valence electrons. The summed E-state index contributed by atoms with van der Waals surface area (Å²) in [5, 5.41) is 9.28. The molecule has 0 aromatic carbocycles. The average Bonchev–Trinajstić information content (AvgIpc) is 2.35. The monoisotopic (exact) mass is 240 g/mol. The van der Waals surface area contributed by atoms with Gasteiger partial charge in [-0.3, -0.25) is 0 Å². The maximum Gasteiger partial charge on any atom is 0.134 e. The van der Waals surface area contributed by atoms with Crippen LogP contribution in [0.3, 0.4) is 0 Å². The van der Waals surface area contributed by atoms with Gasteiger partial charge in [0.05, 0.1) is 6.61 Å². The largest absolute Gasteiger partial charge is 0.392 e. The number of aromatic nitrogens is 1. The lowest BCUT2D eigenvalue weighted by molar-refractivity contribution is 0.281. The molecule has 1 aromatic rings. The number of nitrogens with zero attached hydrogens (tertiary/aromatic N) is 2. The minimum absolute atomic E-state index is 0.0449. The molecule has 1 N–H and O–H groups in total. The van der Waals surface area contributed by atoms with Crippen molar-refractivity contribution in [3.8, 4) is 0 Å². The van der Waals surface area contributed by atoms with Crippen LogP contribution in [0.2, 0.25) is 0 Å². The van der Waals surface area contributed by atoms with Crippen molar-refractivity contribution in [2.45, 2.75) is 26.0 Å². The molecule has 0 amide bonds. The molecule has 1 unspecified atom stereocenters. The van der Waals surface area contributed by atoms with E-state index in [0.29, 0.717) is 6.04 Å². The van der Waals surface area contributed by atoms with Gasteiger partial charge in [0.1, 0.15) is 5.82 Å². The van der Waals surface area contributed by atoms with E-state index in [0.717, 1.165) is 23.6 Å². The zero-order valence-corrected chi connectivity index (χ0v) is 11.0. The minimum atomic E-state index is 0.0449. The number of pyridine rings is 1. The van der Waals surface area contributed by atoms with E-state index in [1.54, 1.807) is 6.20 Å². The van der Waals surface area contributed by atoms with Crippen LogP contribution in [0, 0.1) is 0 Å². The molecule has 0 aliphatic rings. The molecule has 1 atom stereocenters. The zero-order chi connectivity index (χ0) is 12.0. The molecule has 0 fully saturated rings. The molecule has 1 rings (SSSR count). The number of rotatable bonds is 6. The van der Waals surface area contributed by atoms with Gasteiger partial charge in [-0.25, -0.2) is 4.98 Å². The van der Waals surface area contributed by atoms with Crippen LogP contribution < -0.4 is 4.90 Å². The van der Waals surface area contributed by atoms with Gasteiger partial charge in [0, 0.05) is 30.6 Å². The van der Waals surface area contributed by atoms with Gasteiger partial charge in [0.2, 0.25) is 0 Å². The Balaban J connectivity index is 2.88. The lowest BCUT2D eigenvalue weighted by Crippen LogP contribution is -2.34. The molecule has 0 radical (unpaired) electrons. The fourth-order valence-electron chi connectivity index (χ4n) is 1.74. The summed E-state index contributed by atoms with van der Waals surface area (Å²) in [7, 11) is 2.05. The van der Waals surface area contributed by atoms with Crippen LogP contribution in [-0.4, -0.2) is 35.2 Å². The first-order chi connectivity index (χ1) is 7.74. The van der Waals surface area contributed by atoms with Crippen LogP contribution >= 0.6 is 11.8 Å². The normalized spacial score (nSPS) is 12.5. The second kappa shape index (κ2) is 6.76. The number of aliphatic hydroxyl groups excluding tert-OH is 1. The standard InChI is InChI=1S/C12H20N2OS/c1-4-11(9-16-3)14(2)12-10(8-15)6-5-7-13-12/h5-7,11,15H,4,8-9H2,1-3H3. The van der Waals surface area contributed by atoms with Crippen molar-refractivity contribution in [1.29, 1.82) is 0 Å². The molecule has 0 spiro atoms. The van der Waals surface area contributed by atoms with Crippen LogP contribution in [0.25, 0.3) is 0 Å². The fraction of sp³-hybridized carbons (Fsp3) is 0.583. The van der Waals surface area contributed by atoms with Gasteiger partial charge < -0.3 is 10.0 Å². The van der Waals surface area contributed by atoms with Crippen molar-refractivity contribution in [2.75, 3.05) is 24.0 Å². The second-order valence-corrected chi connectivity index (χ2v) is 4.68. The molecule has 0 bridgehead atoms. The van der Waals surface area contributed by atoms with Gasteiger partial charge >= 0.3 is 0 Å². The molecular weight excluding hydrogens is 220 g/mol. The third-order valence-electron chi connectivity index (χ3n) is 2.75. The highest BCUT2D eigenvalue weighted by atomic mass is 32.2. The molecule has 3 nitrogen and oxygen atoms in total. The smallest absolute Gasteiger partial charge is 0.134 e. The van der Waals surface area contributed by atoms with Crippen LogP contribution in [0.1, 0.15) is 18.9 Å². The summed E-state index contributed by atoms with van der Waals surface area (Å²) in [4.78, 5) is 6.53. The van der Waals surface area contributed by atoms with E-state index in [-0.39, 0.29) is 6.61 Å². The molecule has 0 saturated heterocycles. The quantitative estimate of drug-likeness (QED) is 0.826. The molecule has 0 aliphatic carbocycles. The summed E-state index contributed by atoms with van der Waals surface area (Å²) < 4.78 is 0. The zero-order valence-electron chi connectivity index (χ0n) is 10.2. The van der Waals surface area contributed by atoms with Crippen LogP contribution in [0.15, 0.2) is 18.3 Å². The highest BCUT2D eigenvalue weighted by Crippen LogP contribution is 2.20. The van der Waals surface area contributed by atoms with Crippen molar-refractivity contribution in [1.82, 2.24) is 4.98 Å². The Morgan fingerprint density at radius 2 is 2.31 bits per heavy atom. The van der Waals surface area contributed by atoms with E-state index in [2.05, 4.69) is 23.1 Å². The Bertz CT molecular complexity index is 320. The predicted octanol–water partition coefficient (Wildman–Crippen LogP) is 2.15. The van der Waals surface area contributed by atoms with Gasteiger partial charge in [0.25, 0.3) is 0 Å². The average molecular weight is 240 g/mol. The Morgan fingerprint density at radius 1 is 1.56 bits per heavy atom. The topological polar surface area (TPSA) is 36.4 Å². The molecule has 1 heterocycles. The maximum atomic E-state index is 9.28. The van der Waals surface area contributed by atoms with E-state index < -0.39 is 0 Å². The number of thioether (sulfide) groups is 1. The Hall–Kier alpha value is -0.740. The number of anilines is 1. The van der Waals surface area contributed by atoms with Crippen molar-refractivity contribution in [2.24, 2.45) is 0 Å². The predicted molar refractivity (Wildman–Crippen MR) is 71.0 cm³/mol. The summed E-state index contributed by atoms with van der Waals surface area (Å²) in [5.74, 6) is 1.97. The van der Waals surface area contributed by atoms with Crippen LogP contribution in [-0.2, 0) is 6.61 Å². The SMILES string of the molecule is CCC(CSC)N(C)c1ncccc1CO. The molecule has 0 saturated carbocycles. The summed E-state index contributed by atoms with van der Waals surface area (Å²) in [6, 6.07) is 4.25. The second-order valence-electron chi connectivity index (χ2n) is 3.77. The van der Waals surface area contributed by atoms with Gasteiger partial charge in [-0.15, -0.1) is 0 Å². The van der Waals surface area contributed by atoms with Gasteiger partial charge in [-0.2, -0.15) is 11.8 Å². The van der Waals surface area contributed by atoms with Crippen LogP contribution in [0.5, 0.6) is 0 Å². The molecule has 1 aromatic heterocycles. The highest BCUT2D eigenvalue weighted by Gasteiger charge is 2.16.